The monoisotopic (exact) mass is 306 g/mol. The van der Waals surface area contributed by atoms with E-state index in [0.717, 1.165) is 22.8 Å². The molecule has 1 aromatic carbocycles. The average molecular weight is 307 g/mol. The molecular weight excluding hydrogens is 288 g/mol. The zero-order valence-corrected chi connectivity index (χ0v) is 13.3. The van der Waals surface area contributed by atoms with Gasteiger partial charge in [-0.15, -0.1) is 0 Å². The summed E-state index contributed by atoms with van der Waals surface area (Å²) in [6.45, 7) is 4.25. The van der Waals surface area contributed by atoms with Crippen LogP contribution in [0.4, 0.5) is 0 Å². The number of benzene rings is 1. The van der Waals surface area contributed by atoms with Crippen LogP contribution in [0.15, 0.2) is 46.5 Å². The standard InChI is InChI=1S/C16H19ClN2S/c1-3-13(18)10-12-6-7-14(9-11(12)2)20-16-15(17)5-4-8-19-16/h4-9,13H,3,10,18H2,1-2H3. The van der Waals surface area contributed by atoms with Crippen LogP contribution in [0, 0.1) is 6.92 Å². The fraction of sp³-hybridized carbons (Fsp3) is 0.312. The molecule has 1 unspecified atom stereocenters. The van der Waals surface area contributed by atoms with E-state index < -0.39 is 0 Å². The summed E-state index contributed by atoms with van der Waals surface area (Å²) >= 11 is 7.72. The second kappa shape index (κ2) is 7.11. The van der Waals surface area contributed by atoms with Gasteiger partial charge in [0.1, 0.15) is 5.03 Å². The van der Waals surface area contributed by atoms with E-state index in [1.807, 2.05) is 12.1 Å². The molecule has 0 aliphatic heterocycles. The Morgan fingerprint density at radius 1 is 1.35 bits per heavy atom. The van der Waals surface area contributed by atoms with Crippen molar-refractivity contribution in [3.05, 3.63) is 52.7 Å². The SMILES string of the molecule is CCC(N)Cc1ccc(Sc2ncccc2Cl)cc1C. The number of nitrogens with two attached hydrogens (primary N) is 1. The average Bonchev–Trinajstić information content (AvgIpc) is 2.44. The Morgan fingerprint density at radius 3 is 2.80 bits per heavy atom. The summed E-state index contributed by atoms with van der Waals surface area (Å²) in [6, 6.07) is 10.4. The Labute approximate surface area is 129 Å². The molecule has 20 heavy (non-hydrogen) atoms. The van der Waals surface area contributed by atoms with Gasteiger partial charge in [-0.05, 0) is 55.2 Å². The van der Waals surface area contributed by atoms with Crippen LogP contribution in [0.5, 0.6) is 0 Å². The second-order valence-corrected chi connectivity index (χ2v) is 6.32. The predicted octanol–water partition coefficient (Wildman–Crippen LogP) is 4.47. The Hall–Kier alpha value is -1.03. The van der Waals surface area contributed by atoms with Crippen molar-refractivity contribution in [2.75, 3.05) is 0 Å². The molecule has 0 spiro atoms. The van der Waals surface area contributed by atoms with Gasteiger partial charge < -0.3 is 5.73 Å². The number of nitrogens with zero attached hydrogens (tertiary/aromatic N) is 1. The summed E-state index contributed by atoms with van der Waals surface area (Å²) < 4.78 is 0. The van der Waals surface area contributed by atoms with Gasteiger partial charge in [-0.25, -0.2) is 4.98 Å². The first kappa shape index (κ1) is 15.4. The van der Waals surface area contributed by atoms with Crippen molar-refractivity contribution in [1.82, 2.24) is 4.98 Å². The van der Waals surface area contributed by atoms with Gasteiger partial charge in [0.2, 0.25) is 0 Å². The van der Waals surface area contributed by atoms with Gasteiger partial charge in [-0.3, -0.25) is 0 Å². The summed E-state index contributed by atoms with van der Waals surface area (Å²) in [4.78, 5) is 5.45. The molecule has 0 bridgehead atoms. The molecule has 1 atom stereocenters. The fourth-order valence-corrected chi connectivity index (χ4v) is 3.06. The number of pyridine rings is 1. The van der Waals surface area contributed by atoms with Crippen LogP contribution < -0.4 is 5.73 Å². The number of aryl methyl sites for hydroxylation is 1. The quantitative estimate of drug-likeness (QED) is 0.885. The van der Waals surface area contributed by atoms with Crippen LogP contribution in [0.2, 0.25) is 5.02 Å². The first-order chi connectivity index (χ1) is 9.60. The molecule has 4 heteroatoms. The highest BCUT2D eigenvalue weighted by Gasteiger charge is 2.08. The van der Waals surface area contributed by atoms with E-state index in [0.29, 0.717) is 5.02 Å². The van der Waals surface area contributed by atoms with Gasteiger partial charge in [0, 0.05) is 17.1 Å². The smallest absolute Gasteiger partial charge is 0.119 e. The first-order valence-corrected chi connectivity index (χ1v) is 7.93. The van der Waals surface area contributed by atoms with Crippen molar-refractivity contribution in [2.24, 2.45) is 5.73 Å². The largest absolute Gasteiger partial charge is 0.327 e. The minimum absolute atomic E-state index is 0.234. The summed E-state index contributed by atoms with van der Waals surface area (Å²) in [5, 5.41) is 1.53. The van der Waals surface area contributed by atoms with Crippen molar-refractivity contribution in [3.8, 4) is 0 Å². The van der Waals surface area contributed by atoms with Crippen LogP contribution in [0.25, 0.3) is 0 Å². The van der Waals surface area contributed by atoms with E-state index in [2.05, 4.69) is 37.0 Å². The summed E-state index contributed by atoms with van der Waals surface area (Å²) in [5.74, 6) is 0. The van der Waals surface area contributed by atoms with E-state index in [-0.39, 0.29) is 6.04 Å². The molecule has 2 aromatic rings. The molecule has 2 N–H and O–H groups in total. The molecule has 0 aliphatic carbocycles. The maximum Gasteiger partial charge on any atom is 0.119 e. The highest BCUT2D eigenvalue weighted by Crippen LogP contribution is 2.32. The molecule has 1 heterocycles. The van der Waals surface area contributed by atoms with Gasteiger partial charge in [-0.1, -0.05) is 36.4 Å². The maximum absolute atomic E-state index is 6.13. The van der Waals surface area contributed by atoms with E-state index in [9.17, 15) is 0 Å². The number of aromatic nitrogens is 1. The van der Waals surface area contributed by atoms with Crippen LogP contribution >= 0.6 is 23.4 Å². The Kier molecular flexibility index (Phi) is 5.46. The lowest BCUT2D eigenvalue weighted by Gasteiger charge is -2.12. The predicted molar refractivity (Wildman–Crippen MR) is 86.5 cm³/mol. The normalized spacial score (nSPS) is 12.4. The minimum Gasteiger partial charge on any atom is -0.327 e. The highest BCUT2D eigenvalue weighted by molar-refractivity contribution is 7.99. The third kappa shape index (κ3) is 3.98. The Balaban J connectivity index is 2.15. The number of rotatable bonds is 5. The first-order valence-electron chi connectivity index (χ1n) is 6.73. The number of hydrogen-bond donors (Lipinski definition) is 1. The third-order valence-electron chi connectivity index (χ3n) is 3.26. The van der Waals surface area contributed by atoms with Crippen molar-refractivity contribution in [3.63, 3.8) is 0 Å². The molecule has 0 amide bonds. The topological polar surface area (TPSA) is 38.9 Å². The van der Waals surface area contributed by atoms with E-state index in [1.165, 1.54) is 11.1 Å². The van der Waals surface area contributed by atoms with Crippen molar-refractivity contribution in [1.29, 1.82) is 0 Å². The van der Waals surface area contributed by atoms with E-state index in [1.54, 1.807) is 18.0 Å². The second-order valence-electron chi connectivity index (χ2n) is 4.85. The van der Waals surface area contributed by atoms with Crippen LogP contribution in [0.3, 0.4) is 0 Å². The Morgan fingerprint density at radius 2 is 2.15 bits per heavy atom. The molecule has 0 fully saturated rings. The van der Waals surface area contributed by atoms with Gasteiger partial charge >= 0.3 is 0 Å². The van der Waals surface area contributed by atoms with E-state index in [4.69, 9.17) is 17.3 Å². The maximum atomic E-state index is 6.13. The molecule has 0 saturated heterocycles. The molecule has 1 aromatic heterocycles. The highest BCUT2D eigenvalue weighted by atomic mass is 35.5. The van der Waals surface area contributed by atoms with Crippen molar-refractivity contribution in [2.45, 2.75) is 42.7 Å². The zero-order valence-electron chi connectivity index (χ0n) is 11.8. The molecule has 2 rings (SSSR count). The van der Waals surface area contributed by atoms with Gasteiger partial charge in [0.05, 0.1) is 5.02 Å². The van der Waals surface area contributed by atoms with E-state index >= 15 is 0 Å². The Bertz CT molecular complexity index is 586. The molecule has 2 nitrogen and oxygen atoms in total. The number of hydrogen-bond acceptors (Lipinski definition) is 3. The lowest BCUT2D eigenvalue weighted by Crippen LogP contribution is -2.21. The lowest BCUT2D eigenvalue weighted by atomic mass is 10.0. The molecule has 106 valence electrons. The van der Waals surface area contributed by atoms with Crippen molar-refractivity contribution < 1.29 is 0 Å². The van der Waals surface area contributed by atoms with Gasteiger partial charge in [0.15, 0.2) is 0 Å². The van der Waals surface area contributed by atoms with Crippen LogP contribution in [-0.2, 0) is 6.42 Å². The third-order valence-corrected chi connectivity index (χ3v) is 4.69. The summed E-state index contributed by atoms with van der Waals surface area (Å²) in [7, 11) is 0. The molecule has 0 aliphatic rings. The minimum atomic E-state index is 0.234. The van der Waals surface area contributed by atoms with Crippen molar-refractivity contribution >= 4 is 23.4 Å². The molecular formula is C16H19ClN2S. The molecule has 0 saturated carbocycles. The summed E-state index contributed by atoms with van der Waals surface area (Å²) in [5.41, 5.74) is 8.61. The zero-order chi connectivity index (χ0) is 14.5. The summed E-state index contributed by atoms with van der Waals surface area (Å²) in [6.07, 6.45) is 3.69. The van der Waals surface area contributed by atoms with Crippen LogP contribution in [0.1, 0.15) is 24.5 Å². The number of halogens is 1. The van der Waals surface area contributed by atoms with Crippen LogP contribution in [-0.4, -0.2) is 11.0 Å². The van der Waals surface area contributed by atoms with Gasteiger partial charge in [-0.2, -0.15) is 0 Å². The fourth-order valence-electron chi connectivity index (χ4n) is 1.95. The van der Waals surface area contributed by atoms with Gasteiger partial charge in [0.25, 0.3) is 0 Å². The lowest BCUT2D eigenvalue weighted by molar-refractivity contribution is 0.644. The molecule has 0 radical (unpaired) electrons.